The van der Waals surface area contributed by atoms with Gasteiger partial charge in [-0.2, -0.15) is 0 Å². The molecule has 1 saturated heterocycles. The van der Waals surface area contributed by atoms with Gasteiger partial charge in [-0.05, 0) is 44.5 Å². The lowest BCUT2D eigenvalue weighted by atomic mass is 9.77. The van der Waals surface area contributed by atoms with E-state index in [9.17, 15) is 14.4 Å². The number of aryl methyl sites for hydroxylation is 1. The summed E-state index contributed by atoms with van der Waals surface area (Å²) in [7, 11) is 0. The van der Waals surface area contributed by atoms with Gasteiger partial charge in [0.15, 0.2) is 0 Å². The summed E-state index contributed by atoms with van der Waals surface area (Å²) in [4.78, 5) is 42.3. The van der Waals surface area contributed by atoms with Crippen LogP contribution >= 0.6 is 0 Å². The number of esters is 1. The topological polar surface area (TPSA) is 84.9 Å². The van der Waals surface area contributed by atoms with Crippen molar-refractivity contribution in [1.29, 1.82) is 0 Å². The average molecular weight is 420 g/mol. The highest BCUT2D eigenvalue weighted by atomic mass is 16.5. The number of nitrogens with one attached hydrogen (secondary N) is 1. The van der Waals surface area contributed by atoms with E-state index < -0.39 is 35.3 Å². The summed E-state index contributed by atoms with van der Waals surface area (Å²) in [6, 6.07) is 12.4. The maximum absolute atomic E-state index is 13.9. The van der Waals surface area contributed by atoms with E-state index in [4.69, 9.17) is 9.47 Å². The van der Waals surface area contributed by atoms with E-state index in [1.54, 1.807) is 30.9 Å². The second-order valence-electron chi connectivity index (χ2n) is 8.51. The highest BCUT2D eigenvalue weighted by Crippen LogP contribution is 2.56. The van der Waals surface area contributed by atoms with Gasteiger partial charge in [-0.1, -0.05) is 24.3 Å². The summed E-state index contributed by atoms with van der Waals surface area (Å²) in [6.07, 6.45) is 0. The summed E-state index contributed by atoms with van der Waals surface area (Å²) in [5, 5.41) is 2.92. The molecule has 3 heterocycles. The van der Waals surface area contributed by atoms with Crippen LogP contribution in [0.25, 0.3) is 0 Å². The summed E-state index contributed by atoms with van der Waals surface area (Å²) < 4.78 is 11.3. The number of rotatable bonds is 2. The minimum Gasteiger partial charge on any atom is -0.493 e. The van der Waals surface area contributed by atoms with Gasteiger partial charge in [-0.3, -0.25) is 14.4 Å². The number of para-hydroxylation sites is 1. The molecule has 2 aromatic carbocycles. The van der Waals surface area contributed by atoms with Gasteiger partial charge in [0.2, 0.25) is 0 Å². The van der Waals surface area contributed by atoms with Crippen molar-refractivity contribution in [2.75, 3.05) is 18.5 Å². The van der Waals surface area contributed by atoms with Crippen LogP contribution in [0, 0.1) is 18.8 Å². The first kappa shape index (κ1) is 19.6. The van der Waals surface area contributed by atoms with Crippen molar-refractivity contribution in [2.45, 2.75) is 32.4 Å². The third-order valence-electron chi connectivity index (χ3n) is 6.76. The largest absolute Gasteiger partial charge is 0.493 e. The van der Waals surface area contributed by atoms with E-state index in [1.165, 1.54) is 0 Å². The Morgan fingerprint density at radius 2 is 2.03 bits per heavy atom. The SMILES string of the molecule is CCOC(=O)C1C2COc3ccccc3C2N2C(=O)c3ccc(C)cc3NC(=O)[C@@]12C. The monoisotopic (exact) mass is 420 g/mol. The van der Waals surface area contributed by atoms with Crippen molar-refractivity contribution in [3.8, 4) is 5.75 Å². The molecule has 0 bridgehead atoms. The molecular formula is C24H24N2O5. The number of hydrogen-bond acceptors (Lipinski definition) is 5. The molecule has 1 fully saturated rings. The molecule has 0 radical (unpaired) electrons. The molecule has 0 aromatic heterocycles. The van der Waals surface area contributed by atoms with Crippen LogP contribution in [0.15, 0.2) is 42.5 Å². The van der Waals surface area contributed by atoms with E-state index in [2.05, 4.69) is 5.32 Å². The first-order valence-electron chi connectivity index (χ1n) is 10.5. The quantitative estimate of drug-likeness (QED) is 0.755. The van der Waals surface area contributed by atoms with Crippen LogP contribution in [0.3, 0.4) is 0 Å². The van der Waals surface area contributed by atoms with Gasteiger partial charge >= 0.3 is 5.97 Å². The lowest BCUT2D eigenvalue weighted by molar-refractivity contribution is -0.155. The fraction of sp³-hybridized carbons (Fsp3) is 0.375. The fourth-order valence-electron chi connectivity index (χ4n) is 5.38. The number of carbonyl (C=O) groups excluding carboxylic acids is 3. The number of carbonyl (C=O) groups is 3. The summed E-state index contributed by atoms with van der Waals surface area (Å²) in [5.74, 6) is -1.76. The van der Waals surface area contributed by atoms with E-state index in [0.29, 0.717) is 17.0 Å². The molecule has 5 rings (SSSR count). The number of ether oxygens (including phenoxy) is 2. The van der Waals surface area contributed by atoms with Gasteiger partial charge in [0, 0.05) is 11.5 Å². The molecule has 31 heavy (non-hydrogen) atoms. The molecule has 160 valence electrons. The third-order valence-corrected chi connectivity index (χ3v) is 6.76. The molecule has 4 atom stereocenters. The zero-order valence-corrected chi connectivity index (χ0v) is 17.7. The van der Waals surface area contributed by atoms with Crippen molar-refractivity contribution >= 4 is 23.5 Å². The smallest absolute Gasteiger partial charge is 0.312 e. The molecule has 7 nitrogen and oxygen atoms in total. The van der Waals surface area contributed by atoms with Gasteiger partial charge in [0.05, 0.1) is 36.4 Å². The molecule has 3 aliphatic rings. The van der Waals surface area contributed by atoms with E-state index in [0.717, 1.165) is 11.1 Å². The van der Waals surface area contributed by atoms with E-state index in [-0.39, 0.29) is 19.1 Å². The van der Waals surface area contributed by atoms with Crippen LogP contribution < -0.4 is 10.1 Å². The van der Waals surface area contributed by atoms with Crippen molar-refractivity contribution in [3.05, 3.63) is 59.2 Å². The Labute approximate surface area is 180 Å². The van der Waals surface area contributed by atoms with Crippen molar-refractivity contribution in [3.63, 3.8) is 0 Å². The van der Waals surface area contributed by atoms with E-state index in [1.807, 2.05) is 37.3 Å². The second kappa shape index (κ2) is 6.83. The molecule has 1 N–H and O–H groups in total. The molecule has 7 heteroatoms. The van der Waals surface area contributed by atoms with Crippen LogP contribution in [0.1, 0.15) is 41.4 Å². The Bertz CT molecular complexity index is 1110. The number of hydrogen-bond donors (Lipinski definition) is 1. The lowest BCUT2D eigenvalue weighted by Gasteiger charge is -2.38. The average Bonchev–Trinajstić information content (AvgIpc) is 2.99. The Morgan fingerprint density at radius 3 is 2.81 bits per heavy atom. The fourth-order valence-corrected chi connectivity index (χ4v) is 5.38. The normalized spacial score (nSPS) is 28.4. The number of amides is 2. The minimum absolute atomic E-state index is 0.190. The number of anilines is 1. The van der Waals surface area contributed by atoms with Gasteiger partial charge in [0.1, 0.15) is 11.3 Å². The zero-order chi connectivity index (χ0) is 21.9. The van der Waals surface area contributed by atoms with Crippen LogP contribution in [-0.4, -0.2) is 41.4 Å². The Kier molecular flexibility index (Phi) is 4.32. The van der Waals surface area contributed by atoms with Crippen molar-refractivity contribution in [1.82, 2.24) is 4.90 Å². The maximum atomic E-state index is 13.9. The summed E-state index contributed by atoms with van der Waals surface area (Å²) >= 11 is 0. The highest BCUT2D eigenvalue weighted by Gasteiger charge is 2.67. The predicted molar refractivity (Wildman–Crippen MR) is 113 cm³/mol. The predicted octanol–water partition coefficient (Wildman–Crippen LogP) is 3.09. The van der Waals surface area contributed by atoms with Crippen LogP contribution in [-0.2, 0) is 14.3 Å². The molecule has 3 unspecified atom stereocenters. The molecule has 2 amide bonds. The molecule has 0 saturated carbocycles. The first-order chi connectivity index (χ1) is 14.9. The first-order valence-corrected chi connectivity index (χ1v) is 10.5. The van der Waals surface area contributed by atoms with Crippen molar-refractivity contribution in [2.24, 2.45) is 11.8 Å². The number of benzene rings is 2. The van der Waals surface area contributed by atoms with Crippen LogP contribution in [0.5, 0.6) is 5.75 Å². The molecule has 0 spiro atoms. The standard InChI is InChI=1S/C24H24N2O5/c1-4-30-22(28)19-16-12-31-18-8-6-5-7-15(18)20(16)26-21(27)14-10-9-13(2)11-17(14)25-23(29)24(19,26)3/h5-11,16,19-20H,4,12H2,1-3H3,(H,25,29)/t16?,19?,20?,24-/m1/s1. The third kappa shape index (κ3) is 2.62. The Morgan fingerprint density at radius 1 is 1.26 bits per heavy atom. The second-order valence-corrected chi connectivity index (χ2v) is 8.51. The summed E-state index contributed by atoms with van der Waals surface area (Å²) in [5.41, 5.74) is 1.18. The molecular weight excluding hydrogens is 396 g/mol. The highest BCUT2D eigenvalue weighted by molar-refractivity contribution is 6.13. The number of fused-ring (bicyclic) bond motifs is 6. The van der Waals surface area contributed by atoms with Gasteiger partial charge in [-0.25, -0.2) is 0 Å². The van der Waals surface area contributed by atoms with Crippen molar-refractivity contribution < 1.29 is 23.9 Å². The van der Waals surface area contributed by atoms with Gasteiger partial charge in [0.25, 0.3) is 11.8 Å². The van der Waals surface area contributed by atoms with E-state index >= 15 is 0 Å². The van der Waals surface area contributed by atoms with Crippen LogP contribution in [0.4, 0.5) is 5.69 Å². The van der Waals surface area contributed by atoms with Gasteiger partial charge in [-0.15, -0.1) is 0 Å². The maximum Gasteiger partial charge on any atom is 0.312 e. The zero-order valence-electron chi connectivity index (χ0n) is 17.7. The molecule has 2 aromatic rings. The number of nitrogens with zero attached hydrogens (tertiary/aromatic N) is 1. The lowest BCUT2D eigenvalue weighted by Crippen LogP contribution is -2.57. The Balaban J connectivity index is 1.75. The minimum atomic E-state index is -1.42. The summed E-state index contributed by atoms with van der Waals surface area (Å²) in [6.45, 7) is 5.71. The van der Waals surface area contributed by atoms with Gasteiger partial charge < -0.3 is 19.7 Å². The van der Waals surface area contributed by atoms with Crippen LogP contribution in [0.2, 0.25) is 0 Å². The Hall–Kier alpha value is -3.35. The molecule has 3 aliphatic heterocycles. The molecule has 0 aliphatic carbocycles.